The standard InChI is InChI=1S/C13H18/c1-10(2)12-9-5-7-11-6-3-4-8-13(11)12/h4-5,7-8,10,12H,3,6,9H2,1-2H3. The Morgan fingerprint density at radius 2 is 2.08 bits per heavy atom. The van der Waals surface area contributed by atoms with E-state index in [1.807, 2.05) is 0 Å². The first-order valence-corrected chi connectivity index (χ1v) is 5.35. The summed E-state index contributed by atoms with van der Waals surface area (Å²) >= 11 is 0. The average Bonchev–Trinajstić information content (AvgIpc) is 2.17. The molecule has 1 atom stereocenters. The molecule has 2 aliphatic rings. The van der Waals surface area contributed by atoms with Gasteiger partial charge in [-0.2, -0.15) is 0 Å². The zero-order valence-electron chi connectivity index (χ0n) is 8.59. The summed E-state index contributed by atoms with van der Waals surface area (Å²) in [6.45, 7) is 4.66. The molecule has 1 unspecified atom stereocenters. The van der Waals surface area contributed by atoms with Gasteiger partial charge in [0.05, 0.1) is 0 Å². The second kappa shape index (κ2) is 3.53. The molecule has 2 rings (SSSR count). The van der Waals surface area contributed by atoms with Crippen molar-refractivity contribution in [1.29, 1.82) is 0 Å². The lowest BCUT2D eigenvalue weighted by Crippen LogP contribution is -2.15. The highest BCUT2D eigenvalue weighted by molar-refractivity contribution is 5.41. The van der Waals surface area contributed by atoms with Gasteiger partial charge in [0, 0.05) is 0 Å². The summed E-state index contributed by atoms with van der Waals surface area (Å²) in [4.78, 5) is 0. The second-order valence-electron chi connectivity index (χ2n) is 4.41. The van der Waals surface area contributed by atoms with E-state index in [9.17, 15) is 0 Å². The van der Waals surface area contributed by atoms with Crippen LogP contribution in [0.2, 0.25) is 0 Å². The van der Waals surface area contributed by atoms with Crippen molar-refractivity contribution in [3.63, 3.8) is 0 Å². The topological polar surface area (TPSA) is 0 Å². The van der Waals surface area contributed by atoms with Crippen LogP contribution in [0, 0.1) is 11.8 Å². The third-order valence-electron chi connectivity index (χ3n) is 3.16. The Hall–Kier alpha value is -0.780. The fourth-order valence-corrected chi connectivity index (χ4v) is 2.36. The summed E-state index contributed by atoms with van der Waals surface area (Å²) in [5.74, 6) is 1.55. The van der Waals surface area contributed by atoms with E-state index in [4.69, 9.17) is 0 Å². The molecule has 0 N–H and O–H groups in total. The van der Waals surface area contributed by atoms with Crippen LogP contribution in [0.3, 0.4) is 0 Å². The van der Waals surface area contributed by atoms with Crippen molar-refractivity contribution >= 4 is 0 Å². The summed E-state index contributed by atoms with van der Waals surface area (Å²) in [7, 11) is 0. The van der Waals surface area contributed by atoms with Crippen molar-refractivity contribution in [3.05, 3.63) is 35.5 Å². The number of hydrogen-bond donors (Lipinski definition) is 0. The lowest BCUT2D eigenvalue weighted by Gasteiger charge is -2.28. The van der Waals surface area contributed by atoms with Crippen molar-refractivity contribution in [3.8, 4) is 0 Å². The molecule has 0 heteroatoms. The Bertz CT molecular complexity index is 276. The van der Waals surface area contributed by atoms with Gasteiger partial charge >= 0.3 is 0 Å². The first-order chi connectivity index (χ1) is 6.29. The summed E-state index contributed by atoms with van der Waals surface area (Å²) in [5.41, 5.74) is 3.20. The Morgan fingerprint density at radius 3 is 2.85 bits per heavy atom. The molecule has 13 heavy (non-hydrogen) atoms. The van der Waals surface area contributed by atoms with Gasteiger partial charge < -0.3 is 0 Å². The van der Waals surface area contributed by atoms with Crippen LogP contribution in [-0.4, -0.2) is 0 Å². The fourth-order valence-electron chi connectivity index (χ4n) is 2.36. The van der Waals surface area contributed by atoms with Gasteiger partial charge in [0.1, 0.15) is 0 Å². The Labute approximate surface area is 81.0 Å². The molecular formula is C13H18. The van der Waals surface area contributed by atoms with Crippen LogP contribution in [0.1, 0.15) is 33.1 Å². The monoisotopic (exact) mass is 174 g/mol. The molecule has 0 nitrogen and oxygen atoms in total. The summed E-state index contributed by atoms with van der Waals surface area (Å²) < 4.78 is 0. The molecule has 0 aromatic carbocycles. The molecule has 0 amide bonds. The molecule has 0 spiro atoms. The van der Waals surface area contributed by atoms with E-state index in [0.29, 0.717) is 0 Å². The van der Waals surface area contributed by atoms with Crippen LogP contribution >= 0.6 is 0 Å². The molecule has 2 aliphatic carbocycles. The maximum absolute atomic E-state index is 2.35. The fraction of sp³-hybridized carbons (Fsp3) is 0.538. The molecular weight excluding hydrogens is 156 g/mol. The van der Waals surface area contributed by atoms with Gasteiger partial charge in [-0.15, -0.1) is 0 Å². The van der Waals surface area contributed by atoms with E-state index >= 15 is 0 Å². The van der Waals surface area contributed by atoms with Crippen LogP contribution in [0.5, 0.6) is 0 Å². The minimum absolute atomic E-state index is 0.775. The molecule has 0 aromatic rings. The van der Waals surface area contributed by atoms with Crippen LogP contribution in [-0.2, 0) is 0 Å². The van der Waals surface area contributed by atoms with Gasteiger partial charge in [-0.25, -0.2) is 0 Å². The summed E-state index contributed by atoms with van der Waals surface area (Å²) in [6.07, 6.45) is 13.1. The van der Waals surface area contributed by atoms with Crippen LogP contribution in [0.15, 0.2) is 35.5 Å². The highest BCUT2D eigenvalue weighted by atomic mass is 14.3. The normalized spacial score (nSPS) is 26.8. The Morgan fingerprint density at radius 1 is 1.23 bits per heavy atom. The quantitative estimate of drug-likeness (QED) is 0.566. The van der Waals surface area contributed by atoms with Gasteiger partial charge in [0.25, 0.3) is 0 Å². The second-order valence-corrected chi connectivity index (χ2v) is 4.41. The molecule has 0 fully saturated rings. The van der Waals surface area contributed by atoms with Gasteiger partial charge in [0.15, 0.2) is 0 Å². The van der Waals surface area contributed by atoms with Gasteiger partial charge in [-0.1, -0.05) is 38.2 Å². The van der Waals surface area contributed by atoms with Gasteiger partial charge in [0.2, 0.25) is 0 Å². The van der Waals surface area contributed by atoms with Crippen molar-refractivity contribution in [2.24, 2.45) is 11.8 Å². The van der Waals surface area contributed by atoms with Crippen molar-refractivity contribution < 1.29 is 0 Å². The predicted molar refractivity (Wildman–Crippen MR) is 57.5 cm³/mol. The zero-order valence-corrected chi connectivity index (χ0v) is 8.59. The molecule has 0 aliphatic heterocycles. The smallest absolute Gasteiger partial charge is 0.0102 e. The minimum Gasteiger partial charge on any atom is -0.0839 e. The van der Waals surface area contributed by atoms with E-state index in [2.05, 4.69) is 38.2 Å². The van der Waals surface area contributed by atoms with E-state index in [1.165, 1.54) is 19.3 Å². The summed E-state index contributed by atoms with van der Waals surface area (Å²) in [6, 6.07) is 0. The Kier molecular flexibility index (Phi) is 2.39. The number of rotatable bonds is 1. The van der Waals surface area contributed by atoms with E-state index in [1.54, 1.807) is 11.1 Å². The average molecular weight is 174 g/mol. The first kappa shape index (κ1) is 8.80. The summed E-state index contributed by atoms with van der Waals surface area (Å²) in [5, 5.41) is 0. The van der Waals surface area contributed by atoms with E-state index < -0.39 is 0 Å². The van der Waals surface area contributed by atoms with Crippen LogP contribution in [0.4, 0.5) is 0 Å². The molecule has 0 heterocycles. The van der Waals surface area contributed by atoms with Crippen molar-refractivity contribution in [2.45, 2.75) is 33.1 Å². The van der Waals surface area contributed by atoms with Gasteiger partial charge in [-0.3, -0.25) is 0 Å². The number of allylic oxidation sites excluding steroid dienone is 6. The van der Waals surface area contributed by atoms with Crippen LogP contribution < -0.4 is 0 Å². The lowest BCUT2D eigenvalue weighted by molar-refractivity contribution is 0.445. The third kappa shape index (κ3) is 1.63. The third-order valence-corrected chi connectivity index (χ3v) is 3.16. The van der Waals surface area contributed by atoms with Crippen molar-refractivity contribution in [1.82, 2.24) is 0 Å². The predicted octanol–water partition coefficient (Wildman–Crippen LogP) is 3.87. The molecule has 0 saturated carbocycles. The van der Waals surface area contributed by atoms with Gasteiger partial charge in [-0.05, 0) is 42.2 Å². The molecule has 0 bridgehead atoms. The van der Waals surface area contributed by atoms with E-state index in [-0.39, 0.29) is 0 Å². The van der Waals surface area contributed by atoms with Crippen LogP contribution in [0.25, 0.3) is 0 Å². The maximum Gasteiger partial charge on any atom is -0.0102 e. The maximum atomic E-state index is 2.35. The lowest BCUT2D eigenvalue weighted by atomic mass is 9.77. The Balaban J connectivity index is 2.30. The number of hydrogen-bond acceptors (Lipinski definition) is 0. The minimum atomic E-state index is 0.775. The molecule has 0 aromatic heterocycles. The SMILES string of the molecule is CC(C)C1CC=CC2=C1C=CCC2. The zero-order chi connectivity index (χ0) is 9.26. The van der Waals surface area contributed by atoms with Crippen molar-refractivity contribution in [2.75, 3.05) is 0 Å². The molecule has 0 saturated heterocycles. The first-order valence-electron chi connectivity index (χ1n) is 5.35. The largest absolute Gasteiger partial charge is 0.0839 e. The highest BCUT2D eigenvalue weighted by Gasteiger charge is 2.21. The highest BCUT2D eigenvalue weighted by Crippen LogP contribution is 2.35. The molecule has 70 valence electrons. The van der Waals surface area contributed by atoms with E-state index in [0.717, 1.165) is 11.8 Å². The molecule has 0 radical (unpaired) electrons.